The summed E-state index contributed by atoms with van der Waals surface area (Å²) >= 11 is 0. The van der Waals surface area contributed by atoms with Crippen molar-refractivity contribution in [2.75, 3.05) is 21.3 Å². The first-order chi connectivity index (χ1) is 8.21. The van der Waals surface area contributed by atoms with E-state index in [1.54, 1.807) is 18.2 Å². The highest BCUT2D eigenvalue weighted by Crippen LogP contribution is 2.15. The zero-order chi connectivity index (χ0) is 12.7. The Morgan fingerprint density at radius 3 is 2.59 bits per heavy atom. The van der Waals surface area contributed by atoms with Gasteiger partial charge in [-0.1, -0.05) is 0 Å². The maximum atomic E-state index is 11.6. The molecule has 0 N–H and O–H groups in total. The predicted molar refractivity (Wildman–Crippen MR) is 61.1 cm³/mol. The van der Waals surface area contributed by atoms with E-state index in [1.807, 2.05) is 0 Å². The van der Waals surface area contributed by atoms with Gasteiger partial charge in [-0.2, -0.15) is 0 Å². The maximum absolute atomic E-state index is 11.6. The minimum absolute atomic E-state index is 0.292. The molecule has 5 nitrogen and oxygen atoms in total. The van der Waals surface area contributed by atoms with Gasteiger partial charge in [-0.25, -0.2) is 4.79 Å². The summed E-state index contributed by atoms with van der Waals surface area (Å²) in [6, 6.07) is 3.49. The van der Waals surface area contributed by atoms with Crippen molar-refractivity contribution in [3.63, 3.8) is 0 Å². The average molecular weight is 240 g/mol. The molecule has 0 aliphatic rings. The molecule has 0 unspecified atom stereocenters. The van der Waals surface area contributed by atoms with Gasteiger partial charge >= 0.3 is 5.97 Å². The highest BCUT2D eigenvalue weighted by molar-refractivity contribution is 5.93. The Hall–Kier alpha value is -1.59. The summed E-state index contributed by atoms with van der Waals surface area (Å²) in [6.45, 7) is 0. The number of hydrogen-bond donors (Lipinski definition) is 0. The maximum Gasteiger partial charge on any atom is 0.334 e. The fourth-order valence-corrected chi connectivity index (χ4v) is 1.32. The topological polar surface area (TPSA) is 57.9 Å². The van der Waals surface area contributed by atoms with Crippen LogP contribution in [0.1, 0.15) is 12.2 Å². The third kappa shape index (κ3) is 4.05. The molecular weight excluding hydrogens is 224 g/mol. The number of rotatable bonds is 6. The molecule has 0 bridgehead atoms. The first-order valence-corrected chi connectivity index (χ1v) is 5.09. The summed E-state index contributed by atoms with van der Waals surface area (Å²) in [5.74, 6) is 0.150. The molecule has 0 aromatic carbocycles. The van der Waals surface area contributed by atoms with E-state index in [2.05, 4.69) is 0 Å². The Kier molecular flexibility index (Phi) is 5.45. The van der Waals surface area contributed by atoms with Crippen LogP contribution in [-0.2, 0) is 19.0 Å². The molecule has 0 aliphatic carbocycles. The predicted octanol–water partition coefficient (Wildman–Crippen LogP) is 1.84. The quantitative estimate of drug-likeness (QED) is 0.431. The van der Waals surface area contributed by atoms with Crippen LogP contribution in [0.5, 0.6) is 0 Å². The number of ether oxygens (including phenoxy) is 3. The summed E-state index contributed by atoms with van der Waals surface area (Å²) < 4.78 is 19.9. The van der Waals surface area contributed by atoms with Crippen molar-refractivity contribution in [2.24, 2.45) is 0 Å². The molecule has 0 saturated carbocycles. The van der Waals surface area contributed by atoms with Crippen molar-refractivity contribution in [1.82, 2.24) is 0 Å². The molecule has 17 heavy (non-hydrogen) atoms. The number of hydrogen-bond acceptors (Lipinski definition) is 5. The minimum atomic E-state index is -0.490. The van der Waals surface area contributed by atoms with Crippen molar-refractivity contribution in [3.8, 4) is 0 Å². The van der Waals surface area contributed by atoms with Crippen molar-refractivity contribution in [1.29, 1.82) is 0 Å². The van der Waals surface area contributed by atoms with Crippen molar-refractivity contribution < 1.29 is 23.4 Å². The Labute approximate surface area is 100.0 Å². The number of methoxy groups -OCH3 is 3. The van der Waals surface area contributed by atoms with Crippen molar-refractivity contribution >= 4 is 12.0 Å². The third-order valence-electron chi connectivity index (χ3n) is 2.22. The Bertz CT molecular complexity index is 362. The number of furan rings is 1. The van der Waals surface area contributed by atoms with Gasteiger partial charge in [-0.15, -0.1) is 0 Å². The van der Waals surface area contributed by atoms with Gasteiger partial charge in [0.1, 0.15) is 5.76 Å². The standard InChI is InChI=1S/C12H16O5/c1-14-11(15-2)8-9(12(13)16-3)7-10-5-4-6-17-10/h4-7,11H,8H2,1-3H3. The van der Waals surface area contributed by atoms with Gasteiger partial charge in [-0.3, -0.25) is 0 Å². The van der Waals surface area contributed by atoms with E-state index >= 15 is 0 Å². The van der Waals surface area contributed by atoms with Crippen LogP contribution in [0.25, 0.3) is 6.08 Å². The fourth-order valence-electron chi connectivity index (χ4n) is 1.32. The lowest BCUT2D eigenvalue weighted by Crippen LogP contribution is -2.17. The van der Waals surface area contributed by atoms with Gasteiger partial charge in [0.2, 0.25) is 0 Å². The van der Waals surface area contributed by atoms with Crippen LogP contribution in [0.15, 0.2) is 28.4 Å². The average Bonchev–Trinajstić information content (AvgIpc) is 2.86. The first kappa shape index (κ1) is 13.5. The van der Waals surface area contributed by atoms with Gasteiger partial charge < -0.3 is 18.6 Å². The second-order valence-corrected chi connectivity index (χ2v) is 3.28. The molecule has 1 aromatic heterocycles. The highest BCUT2D eigenvalue weighted by Gasteiger charge is 2.16. The van der Waals surface area contributed by atoms with Gasteiger partial charge in [0.05, 0.1) is 13.4 Å². The van der Waals surface area contributed by atoms with Gasteiger partial charge in [0, 0.05) is 26.2 Å². The summed E-state index contributed by atoms with van der Waals surface area (Å²) in [6.07, 6.45) is 2.94. The van der Waals surface area contributed by atoms with E-state index in [1.165, 1.54) is 27.6 Å². The normalized spacial score (nSPS) is 11.9. The number of carbonyl (C=O) groups is 1. The molecule has 0 aliphatic heterocycles. The van der Waals surface area contributed by atoms with E-state index in [0.29, 0.717) is 17.8 Å². The molecule has 0 saturated heterocycles. The van der Waals surface area contributed by atoms with Crippen molar-refractivity contribution in [2.45, 2.75) is 12.7 Å². The van der Waals surface area contributed by atoms with E-state index < -0.39 is 12.3 Å². The van der Waals surface area contributed by atoms with E-state index in [4.69, 9.17) is 18.6 Å². The van der Waals surface area contributed by atoms with Crippen LogP contribution in [0.3, 0.4) is 0 Å². The highest BCUT2D eigenvalue weighted by atomic mass is 16.7. The van der Waals surface area contributed by atoms with Crippen LogP contribution < -0.4 is 0 Å². The van der Waals surface area contributed by atoms with Crippen LogP contribution in [0.4, 0.5) is 0 Å². The summed E-state index contributed by atoms with van der Waals surface area (Å²) in [4.78, 5) is 11.6. The monoisotopic (exact) mass is 240 g/mol. The molecule has 0 atom stereocenters. The van der Waals surface area contributed by atoms with Gasteiger partial charge in [0.15, 0.2) is 6.29 Å². The Balaban J connectivity index is 2.84. The van der Waals surface area contributed by atoms with Crippen LogP contribution in [0.2, 0.25) is 0 Å². The van der Waals surface area contributed by atoms with Crippen LogP contribution in [0, 0.1) is 0 Å². The fraction of sp³-hybridized carbons (Fsp3) is 0.417. The summed E-state index contributed by atoms with van der Waals surface area (Å²) in [5, 5.41) is 0. The Morgan fingerprint density at radius 1 is 1.41 bits per heavy atom. The first-order valence-electron chi connectivity index (χ1n) is 5.09. The minimum Gasteiger partial charge on any atom is -0.466 e. The molecule has 0 fully saturated rings. The summed E-state index contributed by atoms with van der Waals surface area (Å²) in [7, 11) is 4.35. The molecule has 94 valence electrons. The SMILES string of the molecule is COC(=O)C(=Cc1ccco1)CC(OC)OC. The molecular formula is C12H16O5. The lowest BCUT2D eigenvalue weighted by Gasteiger charge is -2.14. The van der Waals surface area contributed by atoms with Crippen LogP contribution in [-0.4, -0.2) is 33.6 Å². The second kappa shape index (κ2) is 6.88. The van der Waals surface area contributed by atoms with Gasteiger partial charge in [-0.05, 0) is 18.2 Å². The summed E-state index contributed by atoms with van der Waals surface area (Å²) in [5.41, 5.74) is 0.427. The lowest BCUT2D eigenvalue weighted by molar-refractivity contribution is -0.139. The van der Waals surface area contributed by atoms with E-state index in [-0.39, 0.29) is 0 Å². The molecule has 0 spiro atoms. The van der Waals surface area contributed by atoms with Crippen molar-refractivity contribution in [3.05, 3.63) is 29.7 Å². The smallest absolute Gasteiger partial charge is 0.334 e. The molecule has 5 heteroatoms. The zero-order valence-corrected chi connectivity index (χ0v) is 10.1. The number of carbonyl (C=O) groups excluding carboxylic acids is 1. The van der Waals surface area contributed by atoms with E-state index in [0.717, 1.165) is 0 Å². The second-order valence-electron chi connectivity index (χ2n) is 3.28. The third-order valence-corrected chi connectivity index (χ3v) is 2.22. The largest absolute Gasteiger partial charge is 0.466 e. The molecule has 1 rings (SSSR count). The zero-order valence-electron chi connectivity index (χ0n) is 10.1. The molecule has 1 heterocycles. The lowest BCUT2D eigenvalue weighted by atomic mass is 10.1. The molecule has 0 amide bonds. The molecule has 1 aromatic rings. The van der Waals surface area contributed by atoms with Gasteiger partial charge in [0.25, 0.3) is 0 Å². The van der Waals surface area contributed by atoms with Crippen LogP contribution >= 0.6 is 0 Å². The number of esters is 1. The Morgan fingerprint density at radius 2 is 2.12 bits per heavy atom. The van der Waals surface area contributed by atoms with E-state index in [9.17, 15) is 4.79 Å². The molecule has 0 radical (unpaired) electrons.